The maximum Gasteiger partial charge on any atom is 0.230 e. The zero-order valence-electron chi connectivity index (χ0n) is 9.23. The highest BCUT2D eigenvalue weighted by atomic mass is 16.2. The number of carbonyl (C=O) groups excluding carboxylic acids is 1. The molecule has 0 saturated carbocycles. The lowest BCUT2D eigenvalue weighted by atomic mass is 9.82. The van der Waals surface area contributed by atoms with Gasteiger partial charge in [0.25, 0.3) is 0 Å². The molecule has 1 aromatic rings. The van der Waals surface area contributed by atoms with Crippen LogP contribution >= 0.6 is 0 Å². The number of piperidine rings is 2. The van der Waals surface area contributed by atoms with Crippen molar-refractivity contribution in [3.8, 4) is 0 Å². The molecule has 0 radical (unpaired) electrons. The molecule has 0 N–H and O–H groups in total. The van der Waals surface area contributed by atoms with Crippen LogP contribution in [0.15, 0.2) is 24.3 Å². The third kappa shape index (κ3) is 0.998. The predicted octanol–water partition coefficient (Wildman–Crippen LogP) is 2.12. The van der Waals surface area contributed by atoms with E-state index >= 15 is 0 Å². The highest BCUT2D eigenvalue weighted by molar-refractivity contribution is 5.86. The van der Waals surface area contributed by atoms with E-state index in [1.165, 1.54) is 17.5 Å². The van der Waals surface area contributed by atoms with Crippen molar-refractivity contribution in [1.29, 1.82) is 0 Å². The second kappa shape index (κ2) is 2.88. The molecule has 1 amide bonds. The van der Waals surface area contributed by atoms with Crippen LogP contribution in [0.25, 0.3) is 0 Å². The summed E-state index contributed by atoms with van der Waals surface area (Å²) in [7, 11) is 0. The van der Waals surface area contributed by atoms with E-state index in [1.807, 2.05) is 0 Å². The Labute approximate surface area is 95.3 Å². The topological polar surface area (TPSA) is 20.3 Å². The SMILES string of the molecule is O=C1C2CC3CC(CN1C3)c1ccccc12. The van der Waals surface area contributed by atoms with Crippen LogP contribution in [-0.4, -0.2) is 23.9 Å². The summed E-state index contributed by atoms with van der Waals surface area (Å²) in [5.41, 5.74) is 2.77. The van der Waals surface area contributed by atoms with Crippen molar-refractivity contribution in [2.75, 3.05) is 13.1 Å². The van der Waals surface area contributed by atoms with Crippen molar-refractivity contribution in [1.82, 2.24) is 4.90 Å². The fraction of sp³-hybridized carbons (Fsp3) is 0.500. The average Bonchev–Trinajstić information content (AvgIpc) is 2.47. The third-order valence-electron chi connectivity index (χ3n) is 4.53. The minimum absolute atomic E-state index is 0.169. The number of nitrogens with zero attached hydrogens (tertiary/aromatic N) is 1. The lowest BCUT2D eigenvalue weighted by Crippen LogP contribution is -2.47. The molecule has 4 bridgehead atoms. The maximum atomic E-state index is 12.3. The molecule has 3 atom stereocenters. The highest BCUT2D eigenvalue weighted by Gasteiger charge is 2.45. The van der Waals surface area contributed by atoms with E-state index in [0.29, 0.717) is 11.8 Å². The molecule has 2 heteroatoms. The lowest BCUT2D eigenvalue weighted by Gasteiger charge is -2.41. The number of rotatable bonds is 0. The Morgan fingerprint density at radius 2 is 1.88 bits per heavy atom. The Kier molecular flexibility index (Phi) is 1.58. The van der Waals surface area contributed by atoms with Crippen LogP contribution in [0.1, 0.15) is 35.8 Å². The Hall–Kier alpha value is -1.31. The van der Waals surface area contributed by atoms with Gasteiger partial charge in [0.15, 0.2) is 0 Å². The Bertz CT molecular complexity index is 468. The van der Waals surface area contributed by atoms with Gasteiger partial charge in [-0.3, -0.25) is 4.79 Å². The average molecular weight is 213 g/mol. The van der Waals surface area contributed by atoms with Gasteiger partial charge in [0.1, 0.15) is 0 Å². The third-order valence-corrected chi connectivity index (χ3v) is 4.53. The molecule has 82 valence electrons. The monoisotopic (exact) mass is 213 g/mol. The standard InChI is InChI=1S/C14H15NO/c16-14-13-6-9-5-10(8-15(14)7-9)11-3-1-2-4-12(11)13/h1-4,9-10,13H,5-8H2. The molecule has 3 aliphatic heterocycles. The first-order valence-electron chi connectivity index (χ1n) is 6.20. The van der Waals surface area contributed by atoms with Gasteiger partial charge >= 0.3 is 0 Å². The van der Waals surface area contributed by atoms with Gasteiger partial charge in [-0.2, -0.15) is 0 Å². The zero-order valence-corrected chi connectivity index (χ0v) is 9.23. The van der Waals surface area contributed by atoms with Crippen molar-refractivity contribution < 1.29 is 4.79 Å². The molecule has 4 aliphatic rings. The van der Waals surface area contributed by atoms with Gasteiger partial charge in [0.05, 0.1) is 5.92 Å². The number of hydrogen-bond acceptors (Lipinski definition) is 1. The van der Waals surface area contributed by atoms with E-state index in [2.05, 4.69) is 29.2 Å². The Balaban J connectivity index is 1.96. The first-order chi connectivity index (χ1) is 7.83. The molecule has 5 rings (SSSR count). The molecule has 0 spiro atoms. The fourth-order valence-electron chi connectivity index (χ4n) is 3.89. The molecule has 1 aliphatic carbocycles. The van der Waals surface area contributed by atoms with Gasteiger partial charge in [0, 0.05) is 19.0 Å². The van der Waals surface area contributed by atoms with Crippen LogP contribution in [0, 0.1) is 5.92 Å². The summed E-state index contributed by atoms with van der Waals surface area (Å²) < 4.78 is 0. The van der Waals surface area contributed by atoms with E-state index in [4.69, 9.17) is 0 Å². The van der Waals surface area contributed by atoms with Crippen LogP contribution in [0.4, 0.5) is 0 Å². The summed E-state index contributed by atoms with van der Waals surface area (Å²) in [6.45, 7) is 1.97. The second-order valence-electron chi connectivity index (χ2n) is 5.46. The van der Waals surface area contributed by atoms with Crippen LogP contribution < -0.4 is 0 Å². The molecule has 3 heterocycles. The molecular formula is C14H15NO. The molecule has 1 aromatic carbocycles. The minimum Gasteiger partial charge on any atom is -0.341 e. The minimum atomic E-state index is 0.169. The highest BCUT2D eigenvalue weighted by Crippen LogP contribution is 2.47. The largest absolute Gasteiger partial charge is 0.341 e. The van der Waals surface area contributed by atoms with Crippen molar-refractivity contribution in [3.63, 3.8) is 0 Å². The lowest BCUT2D eigenvalue weighted by molar-refractivity contribution is -0.138. The summed E-state index contributed by atoms with van der Waals surface area (Å²) in [6.07, 6.45) is 2.38. The molecule has 2 fully saturated rings. The molecule has 0 aromatic heterocycles. The summed E-state index contributed by atoms with van der Waals surface area (Å²) in [6, 6.07) is 8.60. The smallest absolute Gasteiger partial charge is 0.230 e. The van der Waals surface area contributed by atoms with Gasteiger partial charge in [-0.1, -0.05) is 24.3 Å². The van der Waals surface area contributed by atoms with Gasteiger partial charge in [0.2, 0.25) is 5.91 Å². The van der Waals surface area contributed by atoms with E-state index < -0.39 is 0 Å². The maximum absolute atomic E-state index is 12.3. The van der Waals surface area contributed by atoms with Crippen molar-refractivity contribution in [3.05, 3.63) is 35.4 Å². The van der Waals surface area contributed by atoms with Crippen molar-refractivity contribution in [2.24, 2.45) is 5.92 Å². The first-order valence-corrected chi connectivity index (χ1v) is 6.20. The van der Waals surface area contributed by atoms with E-state index in [-0.39, 0.29) is 5.92 Å². The first kappa shape index (κ1) is 8.80. The van der Waals surface area contributed by atoms with Crippen molar-refractivity contribution >= 4 is 5.91 Å². The summed E-state index contributed by atoms with van der Waals surface area (Å²) in [5, 5.41) is 0. The van der Waals surface area contributed by atoms with Crippen molar-refractivity contribution in [2.45, 2.75) is 24.7 Å². The summed E-state index contributed by atoms with van der Waals surface area (Å²) >= 11 is 0. The van der Waals surface area contributed by atoms with Gasteiger partial charge in [-0.15, -0.1) is 0 Å². The number of amides is 1. The summed E-state index contributed by atoms with van der Waals surface area (Å²) in [4.78, 5) is 14.4. The predicted molar refractivity (Wildman–Crippen MR) is 61.2 cm³/mol. The Morgan fingerprint density at radius 3 is 2.75 bits per heavy atom. The number of hydrogen-bond donors (Lipinski definition) is 0. The van der Waals surface area contributed by atoms with Crippen LogP contribution in [-0.2, 0) is 4.79 Å². The quantitative estimate of drug-likeness (QED) is 0.646. The van der Waals surface area contributed by atoms with E-state index in [9.17, 15) is 4.79 Å². The number of carbonyl (C=O) groups is 1. The van der Waals surface area contributed by atoms with Gasteiger partial charge in [-0.25, -0.2) is 0 Å². The van der Waals surface area contributed by atoms with Crippen LogP contribution in [0.5, 0.6) is 0 Å². The Morgan fingerprint density at radius 1 is 1.06 bits per heavy atom. The summed E-state index contributed by atoms with van der Waals surface area (Å²) in [5.74, 6) is 1.90. The van der Waals surface area contributed by atoms with E-state index in [0.717, 1.165) is 25.4 Å². The molecular weight excluding hydrogens is 198 g/mol. The van der Waals surface area contributed by atoms with Gasteiger partial charge < -0.3 is 4.90 Å². The normalized spacial score (nSPS) is 35.1. The van der Waals surface area contributed by atoms with E-state index in [1.54, 1.807) is 0 Å². The molecule has 3 unspecified atom stereocenters. The molecule has 16 heavy (non-hydrogen) atoms. The fourth-order valence-corrected chi connectivity index (χ4v) is 3.89. The van der Waals surface area contributed by atoms with Crippen LogP contribution in [0.2, 0.25) is 0 Å². The number of benzene rings is 1. The molecule has 2 nitrogen and oxygen atoms in total. The molecule has 2 saturated heterocycles. The van der Waals surface area contributed by atoms with Crippen LogP contribution in [0.3, 0.4) is 0 Å². The zero-order chi connectivity index (χ0) is 10.7. The van der Waals surface area contributed by atoms with Gasteiger partial charge in [-0.05, 0) is 29.9 Å². The second-order valence-corrected chi connectivity index (χ2v) is 5.46.